The molecule has 2 atom stereocenters. The maximum atomic E-state index is 12.0. The van der Waals surface area contributed by atoms with E-state index in [0.29, 0.717) is 23.3 Å². The molecule has 1 saturated carbocycles. The number of carboxylic acid groups (broad SMARTS) is 1. The van der Waals surface area contributed by atoms with Crippen molar-refractivity contribution in [1.29, 1.82) is 0 Å². The third-order valence-corrected chi connectivity index (χ3v) is 4.14. The van der Waals surface area contributed by atoms with E-state index in [1.807, 2.05) is 0 Å². The first-order valence-corrected chi connectivity index (χ1v) is 7.51. The summed E-state index contributed by atoms with van der Waals surface area (Å²) in [6.45, 7) is 0.393. The molecule has 108 valence electrons. The number of hydrogen-bond acceptors (Lipinski definition) is 3. The van der Waals surface area contributed by atoms with E-state index < -0.39 is 5.97 Å². The molecule has 6 heteroatoms. The Kier molecular flexibility index (Phi) is 5.11. The summed E-state index contributed by atoms with van der Waals surface area (Å²) in [5, 5.41) is 12.0. The van der Waals surface area contributed by atoms with Crippen LogP contribution in [0.1, 0.15) is 36.2 Å². The number of nitrogens with zero attached hydrogens (tertiary/aromatic N) is 1. The lowest BCUT2D eigenvalue weighted by Crippen LogP contribution is -2.37. The van der Waals surface area contributed by atoms with Crippen LogP contribution in [0.2, 0.25) is 0 Å². The second-order valence-corrected chi connectivity index (χ2v) is 5.86. The first kappa shape index (κ1) is 15.0. The molecule has 2 rings (SSSR count). The van der Waals surface area contributed by atoms with Crippen LogP contribution in [0.4, 0.5) is 0 Å². The number of rotatable bonds is 4. The number of aliphatic carboxylic acids is 1. The highest BCUT2D eigenvalue weighted by molar-refractivity contribution is 9.10. The van der Waals surface area contributed by atoms with Gasteiger partial charge in [0, 0.05) is 6.54 Å². The third kappa shape index (κ3) is 3.79. The lowest BCUT2D eigenvalue weighted by molar-refractivity contribution is -0.144. The van der Waals surface area contributed by atoms with E-state index >= 15 is 0 Å². The van der Waals surface area contributed by atoms with Gasteiger partial charge in [0.2, 0.25) is 0 Å². The Morgan fingerprint density at radius 3 is 2.80 bits per heavy atom. The van der Waals surface area contributed by atoms with Gasteiger partial charge < -0.3 is 10.4 Å². The number of carboxylic acids is 1. The zero-order valence-corrected chi connectivity index (χ0v) is 12.6. The van der Waals surface area contributed by atoms with Gasteiger partial charge in [-0.1, -0.05) is 18.9 Å². The van der Waals surface area contributed by atoms with Gasteiger partial charge in [-0.15, -0.1) is 0 Å². The molecule has 1 amide bonds. The van der Waals surface area contributed by atoms with Gasteiger partial charge in [-0.05, 0) is 46.8 Å². The summed E-state index contributed by atoms with van der Waals surface area (Å²) in [5.74, 6) is -1.36. The minimum atomic E-state index is -0.760. The van der Waals surface area contributed by atoms with Gasteiger partial charge in [0.25, 0.3) is 5.91 Å². The van der Waals surface area contributed by atoms with Crippen LogP contribution in [0.3, 0.4) is 0 Å². The van der Waals surface area contributed by atoms with E-state index in [9.17, 15) is 14.7 Å². The Morgan fingerprint density at radius 1 is 1.35 bits per heavy atom. The van der Waals surface area contributed by atoms with Crippen molar-refractivity contribution in [1.82, 2.24) is 10.3 Å². The highest BCUT2D eigenvalue weighted by Gasteiger charge is 2.30. The van der Waals surface area contributed by atoms with E-state index in [1.54, 1.807) is 18.2 Å². The molecule has 1 aliphatic carbocycles. The zero-order valence-electron chi connectivity index (χ0n) is 11.0. The molecule has 0 aliphatic heterocycles. The molecule has 2 N–H and O–H groups in total. The van der Waals surface area contributed by atoms with Gasteiger partial charge in [0.1, 0.15) is 10.3 Å². The Labute approximate surface area is 125 Å². The second-order valence-electron chi connectivity index (χ2n) is 5.04. The minimum absolute atomic E-state index is 0.0114. The summed E-state index contributed by atoms with van der Waals surface area (Å²) in [6, 6.07) is 5.13. The number of carbonyl (C=O) groups excluding carboxylic acids is 1. The molecule has 20 heavy (non-hydrogen) atoms. The van der Waals surface area contributed by atoms with Gasteiger partial charge in [0.15, 0.2) is 0 Å². The number of amides is 1. The fraction of sp³-hybridized carbons (Fsp3) is 0.500. The van der Waals surface area contributed by atoms with Gasteiger partial charge in [-0.2, -0.15) is 0 Å². The summed E-state index contributed by atoms with van der Waals surface area (Å²) in [4.78, 5) is 27.2. The molecule has 1 aliphatic rings. The van der Waals surface area contributed by atoms with Crippen molar-refractivity contribution in [2.75, 3.05) is 6.54 Å². The lowest BCUT2D eigenvalue weighted by atomic mass is 9.79. The Balaban J connectivity index is 1.93. The smallest absolute Gasteiger partial charge is 0.306 e. The van der Waals surface area contributed by atoms with E-state index in [1.165, 1.54) is 0 Å². The Bertz CT molecular complexity index is 507. The average molecular weight is 341 g/mol. The minimum Gasteiger partial charge on any atom is -0.481 e. The van der Waals surface area contributed by atoms with Gasteiger partial charge in [-0.3, -0.25) is 9.59 Å². The average Bonchev–Trinajstić information content (AvgIpc) is 2.45. The van der Waals surface area contributed by atoms with E-state index in [4.69, 9.17) is 0 Å². The zero-order chi connectivity index (χ0) is 14.5. The van der Waals surface area contributed by atoms with Crippen LogP contribution in [-0.4, -0.2) is 28.5 Å². The number of nitrogens with one attached hydrogen (secondary N) is 1. The predicted molar refractivity (Wildman–Crippen MR) is 77.4 cm³/mol. The normalized spacial score (nSPS) is 22.2. The van der Waals surface area contributed by atoms with Crippen molar-refractivity contribution < 1.29 is 14.7 Å². The van der Waals surface area contributed by atoms with Gasteiger partial charge in [0.05, 0.1) is 5.92 Å². The van der Waals surface area contributed by atoms with E-state index in [-0.39, 0.29) is 17.7 Å². The number of hydrogen-bond donors (Lipinski definition) is 2. The van der Waals surface area contributed by atoms with Crippen molar-refractivity contribution in [2.24, 2.45) is 11.8 Å². The molecule has 0 radical (unpaired) electrons. The van der Waals surface area contributed by atoms with Crippen LogP contribution >= 0.6 is 15.9 Å². The predicted octanol–water partition coefficient (Wildman–Crippen LogP) is 2.46. The van der Waals surface area contributed by atoms with E-state index in [2.05, 4.69) is 26.2 Å². The molecule has 1 fully saturated rings. The van der Waals surface area contributed by atoms with Crippen molar-refractivity contribution in [3.05, 3.63) is 28.5 Å². The van der Waals surface area contributed by atoms with Crippen molar-refractivity contribution in [3.8, 4) is 0 Å². The van der Waals surface area contributed by atoms with Gasteiger partial charge >= 0.3 is 5.97 Å². The maximum absolute atomic E-state index is 12.0. The largest absolute Gasteiger partial charge is 0.481 e. The molecule has 0 bridgehead atoms. The van der Waals surface area contributed by atoms with Crippen LogP contribution in [0.15, 0.2) is 22.8 Å². The first-order chi connectivity index (χ1) is 9.58. The number of halogens is 1. The molecule has 0 aromatic carbocycles. The van der Waals surface area contributed by atoms with Crippen molar-refractivity contribution in [3.63, 3.8) is 0 Å². The molecular weight excluding hydrogens is 324 g/mol. The molecule has 2 unspecified atom stereocenters. The fourth-order valence-electron chi connectivity index (χ4n) is 2.63. The van der Waals surface area contributed by atoms with Gasteiger partial charge in [-0.25, -0.2) is 4.98 Å². The SMILES string of the molecule is O=C(NCC1CCCCC1C(=O)O)c1cccc(Br)n1. The maximum Gasteiger partial charge on any atom is 0.306 e. The van der Waals surface area contributed by atoms with Crippen LogP contribution in [0.5, 0.6) is 0 Å². The first-order valence-electron chi connectivity index (χ1n) is 6.71. The standard InChI is InChI=1S/C14H17BrN2O3/c15-12-7-3-6-11(17-12)13(18)16-8-9-4-1-2-5-10(9)14(19)20/h3,6-7,9-10H,1-2,4-5,8H2,(H,16,18)(H,19,20). The number of pyridine rings is 1. The molecule has 1 heterocycles. The molecular formula is C14H17BrN2O3. The van der Waals surface area contributed by atoms with Crippen LogP contribution in [-0.2, 0) is 4.79 Å². The summed E-state index contributed by atoms with van der Waals surface area (Å²) >= 11 is 3.22. The molecule has 0 spiro atoms. The fourth-order valence-corrected chi connectivity index (χ4v) is 2.97. The van der Waals surface area contributed by atoms with E-state index in [0.717, 1.165) is 19.3 Å². The highest BCUT2D eigenvalue weighted by atomic mass is 79.9. The van der Waals surface area contributed by atoms with Crippen LogP contribution in [0.25, 0.3) is 0 Å². The highest BCUT2D eigenvalue weighted by Crippen LogP contribution is 2.29. The van der Waals surface area contributed by atoms with Crippen LogP contribution in [0, 0.1) is 11.8 Å². The summed E-state index contributed by atoms with van der Waals surface area (Å²) in [7, 11) is 0. The topological polar surface area (TPSA) is 79.3 Å². The third-order valence-electron chi connectivity index (χ3n) is 3.70. The molecule has 5 nitrogen and oxygen atoms in total. The lowest BCUT2D eigenvalue weighted by Gasteiger charge is -2.28. The molecule has 0 saturated heterocycles. The van der Waals surface area contributed by atoms with Crippen LogP contribution < -0.4 is 5.32 Å². The molecule has 1 aromatic heterocycles. The monoisotopic (exact) mass is 340 g/mol. The van der Waals surface area contributed by atoms with Crippen molar-refractivity contribution >= 4 is 27.8 Å². The number of aromatic nitrogens is 1. The Hall–Kier alpha value is -1.43. The summed E-state index contributed by atoms with van der Waals surface area (Å²) in [5.41, 5.74) is 0.335. The summed E-state index contributed by atoms with van der Waals surface area (Å²) < 4.78 is 0.603. The Morgan fingerprint density at radius 2 is 2.10 bits per heavy atom. The quantitative estimate of drug-likeness (QED) is 0.825. The second kappa shape index (κ2) is 6.83. The number of carbonyl (C=O) groups is 2. The van der Waals surface area contributed by atoms with Crippen molar-refractivity contribution in [2.45, 2.75) is 25.7 Å². The summed E-state index contributed by atoms with van der Waals surface area (Å²) in [6.07, 6.45) is 3.53. The molecule has 1 aromatic rings.